The Morgan fingerprint density at radius 1 is 1.29 bits per heavy atom. The van der Waals surface area contributed by atoms with Crippen LogP contribution in [0.2, 0.25) is 0 Å². The summed E-state index contributed by atoms with van der Waals surface area (Å²) in [5.74, 6) is 0.635. The van der Waals surface area contributed by atoms with Gasteiger partial charge in [-0.25, -0.2) is 0 Å². The van der Waals surface area contributed by atoms with E-state index < -0.39 is 0 Å². The molecule has 1 aromatic carbocycles. The highest BCUT2D eigenvalue weighted by Crippen LogP contribution is 2.19. The van der Waals surface area contributed by atoms with Crippen LogP contribution in [0.25, 0.3) is 0 Å². The summed E-state index contributed by atoms with van der Waals surface area (Å²) < 4.78 is 0. The van der Waals surface area contributed by atoms with Crippen LogP contribution in [0.15, 0.2) is 18.2 Å². The van der Waals surface area contributed by atoms with Gasteiger partial charge in [-0.15, -0.1) is 0 Å². The smallest absolute Gasteiger partial charge is 0.0219 e. The Morgan fingerprint density at radius 2 is 2.00 bits per heavy atom. The summed E-state index contributed by atoms with van der Waals surface area (Å²) >= 11 is 0. The lowest BCUT2D eigenvalue weighted by atomic mass is 9.96. The molecule has 0 heteroatoms. The minimum atomic E-state index is 0.635. The van der Waals surface area contributed by atoms with Gasteiger partial charge in [-0.1, -0.05) is 45.4 Å². The maximum atomic E-state index is 3.88. The van der Waals surface area contributed by atoms with E-state index in [9.17, 15) is 0 Å². The molecule has 0 heterocycles. The molecule has 0 N–H and O–H groups in total. The zero-order chi connectivity index (χ0) is 10.6. The van der Waals surface area contributed by atoms with Gasteiger partial charge < -0.3 is 0 Å². The van der Waals surface area contributed by atoms with E-state index >= 15 is 0 Å². The molecule has 0 spiro atoms. The zero-order valence-electron chi connectivity index (χ0n) is 9.64. The van der Waals surface area contributed by atoms with E-state index in [1.165, 1.54) is 29.5 Å². The van der Waals surface area contributed by atoms with Crippen molar-refractivity contribution in [1.82, 2.24) is 0 Å². The number of hydrogen-bond donors (Lipinski definition) is 0. The van der Waals surface area contributed by atoms with Crippen molar-refractivity contribution in [3.8, 4) is 0 Å². The summed E-state index contributed by atoms with van der Waals surface area (Å²) in [6.07, 6.45) is 3.40. The fraction of sp³-hybridized carbons (Fsp3) is 0.500. The topological polar surface area (TPSA) is 0 Å². The maximum absolute atomic E-state index is 3.88. The van der Waals surface area contributed by atoms with Crippen molar-refractivity contribution in [3.63, 3.8) is 0 Å². The molecule has 1 aromatic rings. The summed E-state index contributed by atoms with van der Waals surface area (Å²) in [5, 5.41) is 0. The van der Waals surface area contributed by atoms with Gasteiger partial charge in [0, 0.05) is 0 Å². The standard InChI is InChI=1S/C14H21/c1-5-6-7-13-8-9-14(11(2)3)10-12(13)4/h8-11H,1,5-7H2,2-4H3. The summed E-state index contributed by atoms with van der Waals surface area (Å²) in [5.41, 5.74) is 4.36. The first-order valence-corrected chi connectivity index (χ1v) is 5.53. The minimum absolute atomic E-state index is 0.635. The van der Waals surface area contributed by atoms with Crippen LogP contribution in [-0.2, 0) is 6.42 Å². The van der Waals surface area contributed by atoms with Gasteiger partial charge in [0.2, 0.25) is 0 Å². The Morgan fingerprint density at radius 3 is 2.50 bits per heavy atom. The Hall–Kier alpha value is -0.780. The molecular formula is C14H21. The van der Waals surface area contributed by atoms with Crippen LogP contribution in [0.1, 0.15) is 49.3 Å². The van der Waals surface area contributed by atoms with Crippen molar-refractivity contribution < 1.29 is 0 Å². The third-order valence-electron chi connectivity index (χ3n) is 2.73. The number of hydrogen-bond acceptors (Lipinski definition) is 0. The van der Waals surface area contributed by atoms with E-state index in [1.54, 1.807) is 0 Å². The lowest BCUT2D eigenvalue weighted by Gasteiger charge is -2.10. The Bertz CT molecular complexity index is 284. The van der Waals surface area contributed by atoms with Gasteiger partial charge in [-0.2, -0.15) is 0 Å². The van der Waals surface area contributed by atoms with Crippen LogP contribution in [0.4, 0.5) is 0 Å². The van der Waals surface area contributed by atoms with Crippen LogP contribution in [0.3, 0.4) is 0 Å². The molecule has 14 heavy (non-hydrogen) atoms. The van der Waals surface area contributed by atoms with Gasteiger partial charge in [-0.05, 0) is 42.4 Å². The molecular weight excluding hydrogens is 168 g/mol. The summed E-state index contributed by atoms with van der Waals surface area (Å²) in [6, 6.07) is 6.86. The molecule has 0 saturated heterocycles. The molecule has 0 saturated carbocycles. The highest BCUT2D eigenvalue weighted by atomic mass is 14.1. The molecule has 0 atom stereocenters. The van der Waals surface area contributed by atoms with Gasteiger partial charge in [0.1, 0.15) is 0 Å². The van der Waals surface area contributed by atoms with Gasteiger partial charge in [0.15, 0.2) is 0 Å². The molecule has 0 unspecified atom stereocenters. The molecule has 77 valence electrons. The normalized spacial score (nSPS) is 10.9. The van der Waals surface area contributed by atoms with Crippen LogP contribution in [0.5, 0.6) is 0 Å². The van der Waals surface area contributed by atoms with E-state index in [2.05, 4.69) is 45.9 Å². The molecule has 0 amide bonds. The highest BCUT2D eigenvalue weighted by molar-refractivity contribution is 5.32. The second kappa shape index (κ2) is 5.19. The average Bonchev–Trinajstić information content (AvgIpc) is 2.15. The predicted octanol–water partition coefficient (Wildman–Crippen LogP) is 4.28. The molecule has 0 aliphatic rings. The van der Waals surface area contributed by atoms with Crippen molar-refractivity contribution >= 4 is 0 Å². The zero-order valence-corrected chi connectivity index (χ0v) is 9.64. The second-order valence-electron chi connectivity index (χ2n) is 4.30. The van der Waals surface area contributed by atoms with Crippen LogP contribution in [0, 0.1) is 13.8 Å². The third kappa shape index (κ3) is 2.87. The van der Waals surface area contributed by atoms with Crippen LogP contribution in [-0.4, -0.2) is 0 Å². The van der Waals surface area contributed by atoms with Crippen LogP contribution < -0.4 is 0 Å². The molecule has 1 radical (unpaired) electrons. The molecule has 0 aromatic heterocycles. The molecule has 0 nitrogen and oxygen atoms in total. The van der Waals surface area contributed by atoms with E-state index in [4.69, 9.17) is 0 Å². The lowest BCUT2D eigenvalue weighted by molar-refractivity contribution is 0.826. The molecule has 0 aliphatic heterocycles. The average molecular weight is 189 g/mol. The summed E-state index contributed by atoms with van der Waals surface area (Å²) in [7, 11) is 0. The summed E-state index contributed by atoms with van der Waals surface area (Å²) in [4.78, 5) is 0. The Kier molecular flexibility index (Phi) is 4.19. The van der Waals surface area contributed by atoms with E-state index in [1.807, 2.05) is 0 Å². The first-order chi connectivity index (χ1) is 6.65. The minimum Gasteiger partial charge on any atom is -0.0587 e. The third-order valence-corrected chi connectivity index (χ3v) is 2.73. The van der Waals surface area contributed by atoms with Gasteiger partial charge in [-0.3, -0.25) is 0 Å². The van der Waals surface area contributed by atoms with Crippen LogP contribution >= 0.6 is 0 Å². The lowest BCUT2D eigenvalue weighted by Crippen LogP contribution is -1.93. The quantitative estimate of drug-likeness (QED) is 0.663. The van der Waals surface area contributed by atoms with E-state index in [0.717, 1.165) is 6.42 Å². The Labute approximate surface area is 88.4 Å². The number of unbranched alkanes of at least 4 members (excludes halogenated alkanes) is 1. The maximum Gasteiger partial charge on any atom is -0.0219 e. The first-order valence-electron chi connectivity index (χ1n) is 5.53. The SMILES string of the molecule is [CH2]CCCc1ccc(C(C)C)cc1C. The number of rotatable bonds is 4. The summed E-state index contributed by atoms with van der Waals surface area (Å²) in [6.45, 7) is 10.6. The molecule has 0 bridgehead atoms. The van der Waals surface area contributed by atoms with Crippen molar-refractivity contribution in [3.05, 3.63) is 41.8 Å². The van der Waals surface area contributed by atoms with Crippen molar-refractivity contribution in [2.75, 3.05) is 0 Å². The molecule has 0 aliphatic carbocycles. The first kappa shape index (κ1) is 11.3. The van der Waals surface area contributed by atoms with Crippen molar-refractivity contribution in [1.29, 1.82) is 0 Å². The molecule has 1 rings (SSSR count). The second-order valence-corrected chi connectivity index (χ2v) is 4.30. The van der Waals surface area contributed by atoms with E-state index in [-0.39, 0.29) is 0 Å². The van der Waals surface area contributed by atoms with Gasteiger partial charge in [0.05, 0.1) is 0 Å². The fourth-order valence-corrected chi connectivity index (χ4v) is 1.67. The molecule has 0 fully saturated rings. The fourth-order valence-electron chi connectivity index (χ4n) is 1.67. The largest absolute Gasteiger partial charge is 0.0587 e. The monoisotopic (exact) mass is 189 g/mol. The predicted molar refractivity (Wildman–Crippen MR) is 63.6 cm³/mol. The number of benzene rings is 1. The Balaban J connectivity index is 2.79. The highest BCUT2D eigenvalue weighted by Gasteiger charge is 2.02. The van der Waals surface area contributed by atoms with E-state index in [0.29, 0.717) is 5.92 Å². The van der Waals surface area contributed by atoms with Gasteiger partial charge in [0.25, 0.3) is 0 Å². The number of aryl methyl sites for hydroxylation is 2. The van der Waals surface area contributed by atoms with Crippen molar-refractivity contribution in [2.45, 2.75) is 46.0 Å². The van der Waals surface area contributed by atoms with Crippen molar-refractivity contribution in [2.24, 2.45) is 0 Å². The van der Waals surface area contributed by atoms with Gasteiger partial charge >= 0.3 is 0 Å².